The van der Waals surface area contributed by atoms with Gasteiger partial charge in [-0.2, -0.15) is 0 Å². The zero-order chi connectivity index (χ0) is 19.0. The van der Waals surface area contributed by atoms with Gasteiger partial charge in [0.2, 0.25) is 6.79 Å². The molecule has 2 aromatic rings. The molecule has 0 aliphatic carbocycles. The van der Waals surface area contributed by atoms with E-state index in [-0.39, 0.29) is 6.79 Å². The zero-order valence-corrected chi connectivity index (χ0v) is 15.5. The molecule has 0 bridgehead atoms. The molecule has 1 unspecified atom stereocenters. The van der Waals surface area contributed by atoms with E-state index in [1.54, 1.807) is 0 Å². The van der Waals surface area contributed by atoms with Gasteiger partial charge in [0.05, 0.1) is 5.70 Å². The summed E-state index contributed by atoms with van der Waals surface area (Å²) in [5.41, 5.74) is 15.9. The van der Waals surface area contributed by atoms with Gasteiger partial charge in [0.25, 0.3) is 0 Å². The summed E-state index contributed by atoms with van der Waals surface area (Å²) in [6.45, 7) is 4.59. The highest BCUT2D eigenvalue weighted by Gasteiger charge is 2.29. The Labute approximate surface area is 158 Å². The molecule has 0 aromatic heterocycles. The first-order chi connectivity index (χ1) is 12.9. The van der Waals surface area contributed by atoms with Crippen molar-refractivity contribution in [3.63, 3.8) is 0 Å². The number of hydrogen-bond acceptors (Lipinski definition) is 6. The first-order valence-electron chi connectivity index (χ1n) is 9.05. The standard InChI is InChI=1S/C21H24N4O2/c1-13(2)15-4-6-16(7-5-15)17-11-21(23,25-20(22)24-17)10-14-3-8-18-19(9-14)27-12-26-18/h3-9,11,13H,10,12,23H2,1-2H3,(H3,22,24,25). The van der Waals surface area contributed by atoms with Crippen LogP contribution in [0.3, 0.4) is 0 Å². The average molecular weight is 364 g/mol. The van der Waals surface area contributed by atoms with Crippen molar-refractivity contribution in [2.75, 3.05) is 6.79 Å². The van der Waals surface area contributed by atoms with Crippen molar-refractivity contribution in [2.24, 2.45) is 16.5 Å². The molecule has 2 aliphatic heterocycles. The Hall–Kier alpha value is -2.99. The second-order valence-corrected chi connectivity index (χ2v) is 7.33. The van der Waals surface area contributed by atoms with Crippen molar-refractivity contribution < 1.29 is 9.47 Å². The second-order valence-electron chi connectivity index (χ2n) is 7.33. The molecule has 0 fully saturated rings. The van der Waals surface area contributed by atoms with Crippen molar-refractivity contribution in [2.45, 2.75) is 31.8 Å². The van der Waals surface area contributed by atoms with Crippen LogP contribution < -0.4 is 26.3 Å². The van der Waals surface area contributed by atoms with Crippen LogP contribution in [0.2, 0.25) is 0 Å². The number of fused-ring (bicyclic) bond motifs is 1. The summed E-state index contributed by atoms with van der Waals surface area (Å²) in [6.07, 6.45) is 2.46. The van der Waals surface area contributed by atoms with Crippen molar-refractivity contribution in [1.29, 1.82) is 0 Å². The fourth-order valence-corrected chi connectivity index (χ4v) is 3.38. The first kappa shape index (κ1) is 17.4. The topological polar surface area (TPSA) is 94.9 Å². The maximum atomic E-state index is 6.61. The lowest BCUT2D eigenvalue weighted by Crippen LogP contribution is -2.59. The van der Waals surface area contributed by atoms with Gasteiger partial charge < -0.3 is 26.3 Å². The number of aliphatic imine (C=N–C) groups is 1. The Balaban J connectivity index is 1.61. The van der Waals surface area contributed by atoms with Crippen LogP contribution in [0.15, 0.2) is 53.5 Å². The van der Waals surface area contributed by atoms with Crippen LogP contribution in [0.1, 0.15) is 36.5 Å². The number of guanidine groups is 1. The van der Waals surface area contributed by atoms with Crippen LogP contribution in [0.25, 0.3) is 5.70 Å². The van der Waals surface area contributed by atoms with E-state index in [1.807, 2.05) is 24.3 Å². The van der Waals surface area contributed by atoms with Crippen LogP contribution in [-0.4, -0.2) is 18.4 Å². The van der Waals surface area contributed by atoms with Gasteiger partial charge in [-0.1, -0.05) is 44.2 Å². The lowest BCUT2D eigenvalue weighted by molar-refractivity contribution is 0.174. The number of hydrogen-bond donors (Lipinski definition) is 3. The van der Waals surface area contributed by atoms with Crippen LogP contribution in [0.5, 0.6) is 11.5 Å². The minimum Gasteiger partial charge on any atom is -0.454 e. The summed E-state index contributed by atoms with van der Waals surface area (Å²) in [5, 5.41) is 3.10. The second kappa shape index (κ2) is 6.63. The lowest BCUT2D eigenvalue weighted by atomic mass is 9.95. The number of ether oxygens (including phenoxy) is 2. The molecule has 6 heteroatoms. The lowest BCUT2D eigenvalue weighted by Gasteiger charge is -2.32. The molecule has 2 aromatic carbocycles. The maximum absolute atomic E-state index is 6.61. The molecule has 2 aliphatic rings. The third kappa shape index (κ3) is 3.61. The number of nitrogens with two attached hydrogens (primary N) is 2. The molecular formula is C21H24N4O2. The molecule has 5 N–H and O–H groups in total. The van der Waals surface area contributed by atoms with E-state index >= 15 is 0 Å². The quantitative estimate of drug-likeness (QED) is 0.775. The predicted octanol–water partition coefficient (Wildman–Crippen LogP) is 2.70. The smallest absolute Gasteiger partial charge is 0.231 e. The summed E-state index contributed by atoms with van der Waals surface area (Å²) in [5.74, 6) is 2.28. The molecule has 0 amide bonds. The fraction of sp³-hybridized carbons (Fsp3) is 0.286. The van der Waals surface area contributed by atoms with E-state index in [2.05, 4.69) is 48.4 Å². The Morgan fingerprint density at radius 2 is 1.85 bits per heavy atom. The van der Waals surface area contributed by atoms with Crippen LogP contribution in [0, 0.1) is 0 Å². The predicted molar refractivity (Wildman–Crippen MR) is 106 cm³/mol. The van der Waals surface area contributed by atoms with Gasteiger partial charge in [0.1, 0.15) is 5.66 Å². The third-order valence-electron chi connectivity index (χ3n) is 4.80. The van der Waals surface area contributed by atoms with E-state index in [0.29, 0.717) is 18.3 Å². The molecule has 0 saturated heterocycles. The number of benzene rings is 2. The van der Waals surface area contributed by atoms with Crippen molar-refractivity contribution in [1.82, 2.24) is 5.32 Å². The van der Waals surface area contributed by atoms with Gasteiger partial charge in [-0.3, -0.25) is 0 Å². The van der Waals surface area contributed by atoms with Crippen molar-refractivity contribution in [3.8, 4) is 11.5 Å². The summed E-state index contributed by atoms with van der Waals surface area (Å²) in [6, 6.07) is 14.2. The van der Waals surface area contributed by atoms with Crippen molar-refractivity contribution >= 4 is 11.7 Å². The average Bonchev–Trinajstić information content (AvgIpc) is 3.08. The van der Waals surface area contributed by atoms with Gasteiger partial charge in [0, 0.05) is 12.0 Å². The van der Waals surface area contributed by atoms with Gasteiger partial charge in [-0.15, -0.1) is 0 Å². The zero-order valence-electron chi connectivity index (χ0n) is 15.5. The van der Waals surface area contributed by atoms with E-state index in [1.165, 1.54) is 5.56 Å². The minimum atomic E-state index is -0.842. The molecule has 0 spiro atoms. The summed E-state index contributed by atoms with van der Waals surface area (Å²) >= 11 is 0. The molecule has 2 heterocycles. The van der Waals surface area contributed by atoms with Gasteiger partial charge in [0.15, 0.2) is 17.5 Å². The van der Waals surface area contributed by atoms with E-state index in [4.69, 9.17) is 20.9 Å². The molecule has 27 heavy (non-hydrogen) atoms. The van der Waals surface area contributed by atoms with Crippen molar-refractivity contribution in [3.05, 3.63) is 65.2 Å². The first-order valence-corrected chi connectivity index (χ1v) is 9.05. The molecule has 6 nitrogen and oxygen atoms in total. The Bertz CT molecular complexity index is 918. The van der Waals surface area contributed by atoms with Crippen LogP contribution in [0.4, 0.5) is 0 Å². The largest absolute Gasteiger partial charge is 0.454 e. The highest BCUT2D eigenvalue weighted by molar-refractivity contribution is 5.88. The third-order valence-corrected chi connectivity index (χ3v) is 4.80. The number of nitrogens with zero attached hydrogens (tertiary/aromatic N) is 1. The van der Waals surface area contributed by atoms with Crippen LogP contribution in [-0.2, 0) is 6.42 Å². The molecule has 140 valence electrons. The molecular weight excluding hydrogens is 340 g/mol. The molecule has 4 rings (SSSR count). The van der Waals surface area contributed by atoms with Gasteiger partial charge in [-0.25, -0.2) is 4.99 Å². The number of rotatable bonds is 4. The number of nitrogens with one attached hydrogen (secondary N) is 1. The Morgan fingerprint density at radius 1 is 1.11 bits per heavy atom. The van der Waals surface area contributed by atoms with Crippen LogP contribution >= 0.6 is 0 Å². The normalized spacial score (nSPS) is 20.9. The monoisotopic (exact) mass is 364 g/mol. The van der Waals surface area contributed by atoms with E-state index in [0.717, 1.165) is 28.3 Å². The summed E-state index contributed by atoms with van der Waals surface area (Å²) in [4.78, 5) is 4.44. The summed E-state index contributed by atoms with van der Waals surface area (Å²) in [7, 11) is 0. The molecule has 1 atom stereocenters. The molecule has 0 saturated carbocycles. The SMILES string of the molecule is CC(C)c1ccc(C2=CC(N)(Cc3ccc4c(c3)OCO4)NC(N)=N2)cc1. The highest BCUT2D eigenvalue weighted by atomic mass is 16.7. The maximum Gasteiger partial charge on any atom is 0.231 e. The van der Waals surface area contributed by atoms with Gasteiger partial charge >= 0.3 is 0 Å². The Morgan fingerprint density at radius 3 is 2.59 bits per heavy atom. The molecule has 0 radical (unpaired) electrons. The summed E-state index contributed by atoms with van der Waals surface area (Å²) < 4.78 is 10.8. The fourth-order valence-electron chi connectivity index (χ4n) is 3.38. The minimum absolute atomic E-state index is 0.251. The van der Waals surface area contributed by atoms with E-state index < -0.39 is 5.66 Å². The van der Waals surface area contributed by atoms with E-state index in [9.17, 15) is 0 Å². The Kier molecular flexibility index (Phi) is 4.28. The van der Waals surface area contributed by atoms with Gasteiger partial charge in [-0.05, 0) is 35.3 Å². The highest BCUT2D eigenvalue weighted by Crippen LogP contribution is 2.34.